The van der Waals surface area contributed by atoms with Crippen molar-refractivity contribution in [3.8, 4) is 0 Å². The molecule has 101 valence electrons. The topological polar surface area (TPSA) is 85.1 Å². The van der Waals surface area contributed by atoms with Crippen LogP contribution >= 0.6 is 0 Å². The fourth-order valence-corrected chi connectivity index (χ4v) is 1.76. The molecule has 3 N–H and O–H groups in total. The predicted molar refractivity (Wildman–Crippen MR) is 75.8 cm³/mol. The van der Waals surface area contributed by atoms with Gasteiger partial charge in [0.1, 0.15) is 5.82 Å². The lowest BCUT2D eigenvalue weighted by Crippen LogP contribution is -2.17. The molecule has 0 aliphatic rings. The second kappa shape index (κ2) is 6.47. The first-order valence-corrected chi connectivity index (χ1v) is 6.10. The molecule has 2 rings (SSSR count). The van der Waals surface area contributed by atoms with E-state index in [2.05, 4.69) is 10.3 Å². The summed E-state index contributed by atoms with van der Waals surface area (Å²) in [6.45, 7) is 0. The second-order valence-corrected chi connectivity index (χ2v) is 4.13. The molecule has 2 amide bonds. The molecule has 1 radical (unpaired) electrons. The highest BCUT2D eigenvalue weighted by atomic mass is 16.2. The highest BCUT2D eigenvalue weighted by Crippen LogP contribution is 2.10. The normalized spacial score (nSPS) is 10.0. The van der Waals surface area contributed by atoms with E-state index in [4.69, 9.17) is 5.73 Å². The van der Waals surface area contributed by atoms with Gasteiger partial charge in [-0.15, -0.1) is 0 Å². The fraction of sp³-hybridized carbons (Fsp3) is 0.0667. The fourth-order valence-electron chi connectivity index (χ4n) is 1.76. The van der Waals surface area contributed by atoms with Crippen LogP contribution in [-0.4, -0.2) is 16.8 Å². The monoisotopic (exact) mass is 268 g/mol. The first-order valence-electron chi connectivity index (χ1n) is 6.10. The van der Waals surface area contributed by atoms with E-state index in [0.29, 0.717) is 17.8 Å². The molecular formula is C15H14N3O2. The Bertz CT molecular complexity index is 612. The molecular weight excluding hydrogens is 254 g/mol. The van der Waals surface area contributed by atoms with Gasteiger partial charge in [0, 0.05) is 11.8 Å². The zero-order valence-electron chi connectivity index (χ0n) is 10.7. The van der Waals surface area contributed by atoms with E-state index in [1.165, 1.54) is 6.42 Å². The molecule has 1 heterocycles. The summed E-state index contributed by atoms with van der Waals surface area (Å²) >= 11 is 0. The zero-order valence-corrected chi connectivity index (χ0v) is 10.7. The summed E-state index contributed by atoms with van der Waals surface area (Å²) in [4.78, 5) is 27.0. The Morgan fingerprint density at radius 2 is 1.90 bits per heavy atom. The van der Waals surface area contributed by atoms with Crippen LogP contribution in [0.15, 0.2) is 48.7 Å². The van der Waals surface area contributed by atoms with Crippen molar-refractivity contribution in [2.24, 2.45) is 5.73 Å². The van der Waals surface area contributed by atoms with E-state index < -0.39 is 5.91 Å². The Labute approximate surface area is 116 Å². The average Bonchev–Trinajstić information content (AvgIpc) is 2.46. The molecule has 5 heteroatoms. The molecule has 1 aromatic heterocycles. The SMILES string of the molecule is NC(=O)c1ccccc1C[CH]C(=O)Nc1ccccn1. The lowest BCUT2D eigenvalue weighted by molar-refractivity contribution is -0.113. The van der Waals surface area contributed by atoms with Gasteiger partial charge in [-0.1, -0.05) is 24.3 Å². The number of hydrogen-bond donors (Lipinski definition) is 2. The number of amides is 2. The molecule has 2 aromatic rings. The van der Waals surface area contributed by atoms with Gasteiger partial charge in [-0.2, -0.15) is 0 Å². The third-order valence-electron chi connectivity index (χ3n) is 2.71. The van der Waals surface area contributed by atoms with Crippen LogP contribution in [0.4, 0.5) is 5.82 Å². The number of aromatic nitrogens is 1. The van der Waals surface area contributed by atoms with E-state index in [0.717, 1.165) is 5.56 Å². The number of hydrogen-bond acceptors (Lipinski definition) is 3. The quantitative estimate of drug-likeness (QED) is 0.863. The summed E-state index contributed by atoms with van der Waals surface area (Å²) in [6, 6.07) is 12.2. The molecule has 0 fully saturated rings. The third kappa shape index (κ3) is 3.65. The van der Waals surface area contributed by atoms with Crippen molar-refractivity contribution >= 4 is 17.6 Å². The van der Waals surface area contributed by atoms with Gasteiger partial charge in [-0.05, 0) is 30.2 Å². The zero-order chi connectivity index (χ0) is 14.4. The number of benzene rings is 1. The Morgan fingerprint density at radius 1 is 1.15 bits per heavy atom. The number of rotatable bonds is 5. The summed E-state index contributed by atoms with van der Waals surface area (Å²) in [5.74, 6) is -0.293. The second-order valence-electron chi connectivity index (χ2n) is 4.13. The van der Waals surface area contributed by atoms with Crippen molar-refractivity contribution < 1.29 is 9.59 Å². The van der Waals surface area contributed by atoms with Crippen molar-refractivity contribution in [1.82, 2.24) is 4.98 Å². The van der Waals surface area contributed by atoms with Gasteiger partial charge in [0.05, 0.1) is 6.42 Å². The minimum absolute atomic E-state index is 0.275. The first kappa shape index (κ1) is 13.7. The molecule has 0 atom stereocenters. The van der Waals surface area contributed by atoms with Gasteiger partial charge in [0.25, 0.3) is 0 Å². The largest absolute Gasteiger partial charge is 0.366 e. The van der Waals surface area contributed by atoms with Crippen molar-refractivity contribution in [1.29, 1.82) is 0 Å². The molecule has 0 aliphatic heterocycles. The maximum atomic E-state index is 11.7. The Hall–Kier alpha value is -2.69. The van der Waals surface area contributed by atoms with Gasteiger partial charge in [-0.25, -0.2) is 4.98 Å². The van der Waals surface area contributed by atoms with Crippen LogP contribution in [0.3, 0.4) is 0 Å². The summed E-state index contributed by atoms with van der Waals surface area (Å²) in [7, 11) is 0. The third-order valence-corrected chi connectivity index (χ3v) is 2.71. The summed E-state index contributed by atoms with van der Waals surface area (Å²) < 4.78 is 0. The number of nitrogens with two attached hydrogens (primary N) is 1. The number of nitrogens with one attached hydrogen (secondary N) is 1. The number of carbonyl (C=O) groups excluding carboxylic acids is 2. The number of primary amides is 1. The Kier molecular flexibility index (Phi) is 4.44. The highest BCUT2D eigenvalue weighted by Gasteiger charge is 2.09. The van der Waals surface area contributed by atoms with E-state index >= 15 is 0 Å². The van der Waals surface area contributed by atoms with E-state index in [1.807, 2.05) is 0 Å². The van der Waals surface area contributed by atoms with Gasteiger partial charge in [-0.3, -0.25) is 9.59 Å². The first-order chi connectivity index (χ1) is 9.66. The molecule has 1 aromatic carbocycles. The smallest absolute Gasteiger partial charge is 0.248 e. The standard InChI is InChI=1S/C15H14N3O2/c16-15(20)12-6-2-1-5-11(12)8-9-14(19)18-13-7-3-4-10-17-13/h1-7,9-10H,8H2,(H2,16,20)(H,17,18,19). The van der Waals surface area contributed by atoms with Crippen LogP contribution in [0.2, 0.25) is 0 Å². The molecule has 0 saturated heterocycles. The number of anilines is 1. The van der Waals surface area contributed by atoms with Crippen LogP contribution in [0.1, 0.15) is 15.9 Å². The average molecular weight is 268 g/mol. The van der Waals surface area contributed by atoms with Crippen LogP contribution < -0.4 is 11.1 Å². The van der Waals surface area contributed by atoms with Crippen molar-refractivity contribution in [2.75, 3.05) is 5.32 Å². The minimum atomic E-state index is -0.501. The van der Waals surface area contributed by atoms with Crippen molar-refractivity contribution in [3.05, 3.63) is 66.2 Å². The maximum absolute atomic E-state index is 11.7. The van der Waals surface area contributed by atoms with Gasteiger partial charge < -0.3 is 11.1 Å². The molecule has 0 aliphatic carbocycles. The minimum Gasteiger partial charge on any atom is -0.366 e. The summed E-state index contributed by atoms with van der Waals surface area (Å²) in [5, 5.41) is 2.64. The van der Waals surface area contributed by atoms with E-state index in [1.54, 1.807) is 48.7 Å². The van der Waals surface area contributed by atoms with Gasteiger partial charge in [0.2, 0.25) is 11.8 Å². The summed E-state index contributed by atoms with van der Waals surface area (Å²) in [5.41, 5.74) is 6.43. The molecule has 0 spiro atoms. The van der Waals surface area contributed by atoms with Crippen LogP contribution in [-0.2, 0) is 11.2 Å². The summed E-state index contributed by atoms with van der Waals surface area (Å²) in [6.07, 6.45) is 3.38. The van der Waals surface area contributed by atoms with E-state index in [9.17, 15) is 9.59 Å². The van der Waals surface area contributed by atoms with E-state index in [-0.39, 0.29) is 5.91 Å². The van der Waals surface area contributed by atoms with Crippen LogP contribution in [0.25, 0.3) is 0 Å². The number of pyridine rings is 1. The van der Waals surface area contributed by atoms with Gasteiger partial charge in [0.15, 0.2) is 0 Å². The van der Waals surface area contributed by atoms with Crippen molar-refractivity contribution in [3.63, 3.8) is 0 Å². The molecule has 5 nitrogen and oxygen atoms in total. The molecule has 0 unspecified atom stereocenters. The van der Waals surface area contributed by atoms with Crippen LogP contribution in [0, 0.1) is 6.42 Å². The molecule has 20 heavy (non-hydrogen) atoms. The molecule has 0 bridgehead atoms. The lowest BCUT2D eigenvalue weighted by Gasteiger charge is -2.06. The van der Waals surface area contributed by atoms with Crippen molar-refractivity contribution in [2.45, 2.75) is 6.42 Å². The predicted octanol–water partition coefficient (Wildman–Crippen LogP) is 1.57. The Morgan fingerprint density at radius 3 is 2.60 bits per heavy atom. The molecule has 0 saturated carbocycles. The Balaban J connectivity index is 1.96. The number of nitrogens with zero attached hydrogens (tertiary/aromatic N) is 1. The lowest BCUT2D eigenvalue weighted by atomic mass is 10.0. The maximum Gasteiger partial charge on any atom is 0.248 e. The van der Waals surface area contributed by atoms with Gasteiger partial charge >= 0.3 is 0 Å². The highest BCUT2D eigenvalue weighted by molar-refractivity contribution is 5.98. The number of carbonyl (C=O) groups is 2. The van der Waals surface area contributed by atoms with Crippen LogP contribution in [0.5, 0.6) is 0 Å².